The average molecular weight is 216 g/mol. The van der Waals surface area contributed by atoms with Crippen molar-refractivity contribution in [3.63, 3.8) is 0 Å². The molecule has 0 aliphatic carbocycles. The summed E-state index contributed by atoms with van der Waals surface area (Å²) in [7, 11) is 0. The molecule has 5 heteroatoms. The molecule has 1 heterocycles. The lowest BCUT2D eigenvalue weighted by molar-refractivity contribution is -0.115. The number of halogens is 1. The molecule has 1 aromatic heterocycles. The van der Waals surface area contributed by atoms with Crippen LogP contribution >= 0.6 is 11.6 Å². The van der Waals surface area contributed by atoms with Gasteiger partial charge in [-0.25, -0.2) is 4.68 Å². The van der Waals surface area contributed by atoms with Crippen LogP contribution in [-0.4, -0.2) is 21.6 Å². The van der Waals surface area contributed by atoms with Crippen molar-refractivity contribution in [3.8, 4) is 0 Å². The molecule has 0 atom stereocenters. The maximum atomic E-state index is 11.2. The Balaban J connectivity index is 2.66. The van der Waals surface area contributed by atoms with Gasteiger partial charge in [0.25, 0.3) is 0 Å². The zero-order valence-corrected chi connectivity index (χ0v) is 9.08. The first kappa shape index (κ1) is 11.0. The van der Waals surface area contributed by atoms with Gasteiger partial charge in [-0.2, -0.15) is 5.10 Å². The molecule has 14 heavy (non-hydrogen) atoms. The molecule has 1 amide bonds. The first-order valence-electron chi connectivity index (χ1n) is 4.54. The molecule has 0 aliphatic rings. The average Bonchev–Trinajstić information content (AvgIpc) is 2.52. The van der Waals surface area contributed by atoms with E-state index in [2.05, 4.69) is 10.4 Å². The summed E-state index contributed by atoms with van der Waals surface area (Å²) in [5.74, 6) is 0.972. The molecule has 1 aromatic rings. The lowest BCUT2D eigenvalue weighted by Crippen LogP contribution is -2.16. The van der Waals surface area contributed by atoms with E-state index in [0.717, 1.165) is 5.82 Å². The van der Waals surface area contributed by atoms with Crippen LogP contribution in [-0.2, 0) is 4.79 Å². The van der Waals surface area contributed by atoms with Crippen molar-refractivity contribution in [2.45, 2.75) is 26.3 Å². The van der Waals surface area contributed by atoms with Crippen LogP contribution in [0.4, 0.5) is 5.82 Å². The Hall–Kier alpha value is -1.03. The third-order valence-corrected chi connectivity index (χ3v) is 1.94. The van der Waals surface area contributed by atoms with Crippen molar-refractivity contribution in [1.82, 2.24) is 9.78 Å². The highest BCUT2D eigenvalue weighted by atomic mass is 35.5. The second-order valence-electron chi connectivity index (χ2n) is 3.24. The van der Waals surface area contributed by atoms with Crippen LogP contribution in [0.5, 0.6) is 0 Å². The number of aromatic nitrogens is 2. The van der Waals surface area contributed by atoms with Gasteiger partial charge in [0.05, 0.1) is 6.20 Å². The molecule has 0 unspecified atom stereocenters. The zero-order chi connectivity index (χ0) is 10.6. The zero-order valence-electron chi connectivity index (χ0n) is 8.33. The Kier molecular flexibility index (Phi) is 3.95. The van der Waals surface area contributed by atoms with Crippen molar-refractivity contribution in [2.24, 2.45) is 0 Å². The molecule has 78 valence electrons. The fourth-order valence-corrected chi connectivity index (χ4v) is 1.29. The highest BCUT2D eigenvalue weighted by Gasteiger charge is 2.08. The summed E-state index contributed by atoms with van der Waals surface area (Å²) in [4.78, 5) is 11.2. The summed E-state index contributed by atoms with van der Waals surface area (Å²) in [6.07, 6.45) is 1.99. The predicted molar refractivity (Wildman–Crippen MR) is 56.6 cm³/mol. The standard InChI is InChI=1S/C9H14ClN3O/c1-7(2)13-8(4-6-11-13)12-9(14)3-5-10/h4,6-7H,3,5H2,1-2H3,(H,12,14). The van der Waals surface area contributed by atoms with E-state index < -0.39 is 0 Å². The third-order valence-electron chi connectivity index (χ3n) is 1.75. The van der Waals surface area contributed by atoms with Gasteiger partial charge in [-0.15, -0.1) is 11.6 Å². The monoisotopic (exact) mass is 215 g/mol. The van der Waals surface area contributed by atoms with Gasteiger partial charge in [0.1, 0.15) is 5.82 Å². The quantitative estimate of drug-likeness (QED) is 0.782. The molecular formula is C9H14ClN3O. The molecular weight excluding hydrogens is 202 g/mol. The second kappa shape index (κ2) is 5.00. The molecule has 4 nitrogen and oxygen atoms in total. The topological polar surface area (TPSA) is 46.9 Å². The summed E-state index contributed by atoms with van der Waals surface area (Å²) in [5, 5.41) is 6.85. The Labute approximate surface area is 88.2 Å². The minimum Gasteiger partial charge on any atom is -0.311 e. The summed E-state index contributed by atoms with van der Waals surface area (Å²) in [5.41, 5.74) is 0. The maximum Gasteiger partial charge on any atom is 0.226 e. The summed E-state index contributed by atoms with van der Waals surface area (Å²) in [6, 6.07) is 2.00. The fourth-order valence-electron chi connectivity index (χ4n) is 1.12. The third kappa shape index (κ3) is 2.73. The SMILES string of the molecule is CC(C)n1nccc1NC(=O)CCCl. The van der Waals surface area contributed by atoms with E-state index in [1.807, 2.05) is 13.8 Å². The number of anilines is 1. The molecule has 1 rings (SSSR count). The molecule has 0 bridgehead atoms. The second-order valence-corrected chi connectivity index (χ2v) is 3.62. The molecule has 0 spiro atoms. The van der Waals surface area contributed by atoms with E-state index in [0.29, 0.717) is 12.3 Å². The van der Waals surface area contributed by atoms with Gasteiger partial charge in [0, 0.05) is 24.4 Å². The van der Waals surface area contributed by atoms with E-state index in [4.69, 9.17) is 11.6 Å². The number of amides is 1. The highest BCUT2D eigenvalue weighted by molar-refractivity contribution is 6.19. The van der Waals surface area contributed by atoms with Crippen molar-refractivity contribution >= 4 is 23.3 Å². The van der Waals surface area contributed by atoms with Crippen molar-refractivity contribution in [1.29, 1.82) is 0 Å². The van der Waals surface area contributed by atoms with Crippen LogP contribution in [0.2, 0.25) is 0 Å². The van der Waals surface area contributed by atoms with Crippen LogP contribution in [0, 0.1) is 0 Å². The highest BCUT2D eigenvalue weighted by Crippen LogP contribution is 2.12. The number of carbonyl (C=O) groups is 1. The van der Waals surface area contributed by atoms with Crippen molar-refractivity contribution in [2.75, 3.05) is 11.2 Å². The molecule has 0 radical (unpaired) electrons. The van der Waals surface area contributed by atoms with E-state index >= 15 is 0 Å². The largest absolute Gasteiger partial charge is 0.311 e. The first-order chi connectivity index (χ1) is 6.65. The van der Waals surface area contributed by atoms with Crippen molar-refractivity contribution < 1.29 is 4.79 Å². The maximum absolute atomic E-state index is 11.2. The molecule has 1 N–H and O–H groups in total. The smallest absolute Gasteiger partial charge is 0.226 e. The van der Waals surface area contributed by atoms with Gasteiger partial charge in [-0.3, -0.25) is 4.79 Å². The Morgan fingerprint density at radius 1 is 1.71 bits per heavy atom. The predicted octanol–water partition coefficient (Wildman–Crippen LogP) is 2.03. The molecule has 0 aromatic carbocycles. The number of hydrogen-bond donors (Lipinski definition) is 1. The fraction of sp³-hybridized carbons (Fsp3) is 0.556. The van der Waals surface area contributed by atoms with E-state index in [1.165, 1.54) is 0 Å². The Morgan fingerprint density at radius 3 is 3.00 bits per heavy atom. The summed E-state index contributed by atoms with van der Waals surface area (Å²) >= 11 is 5.46. The first-order valence-corrected chi connectivity index (χ1v) is 5.08. The van der Waals surface area contributed by atoms with E-state index in [-0.39, 0.29) is 11.9 Å². The van der Waals surface area contributed by atoms with Crippen molar-refractivity contribution in [3.05, 3.63) is 12.3 Å². The van der Waals surface area contributed by atoms with Crippen LogP contribution in [0.15, 0.2) is 12.3 Å². The number of carbonyl (C=O) groups excluding carboxylic acids is 1. The minimum atomic E-state index is -0.0811. The number of nitrogens with zero attached hydrogens (tertiary/aromatic N) is 2. The summed E-state index contributed by atoms with van der Waals surface area (Å²) < 4.78 is 1.76. The molecule has 0 saturated carbocycles. The number of hydrogen-bond acceptors (Lipinski definition) is 2. The normalized spacial score (nSPS) is 10.6. The van der Waals surface area contributed by atoms with Crippen LogP contribution < -0.4 is 5.32 Å². The van der Waals surface area contributed by atoms with Gasteiger partial charge >= 0.3 is 0 Å². The van der Waals surface area contributed by atoms with Gasteiger partial charge in [0.2, 0.25) is 5.91 Å². The van der Waals surface area contributed by atoms with E-state index in [1.54, 1.807) is 16.9 Å². The number of rotatable bonds is 4. The number of nitrogens with one attached hydrogen (secondary N) is 1. The molecule has 0 aliphatic heterocycles. The summed E-state index contributed by atoms with van der Waals surface area (Å²) in [6.45, 7) is 4.01. The lowest BCUT2D eigenvalue weighted by Gasteiger charge is -2.11. The minimum absolute atomic E-state index is 0.0811. The Morgan fingerprint density at radius 2 is 2.43 bits per heavy atom. The van der Waals surface area contributed by atoms with Crippen LogP contribution in [0.3, 0.4) is 0 Å². The number of alkyl halides is 1. The van der Waals surface area contributed by atoms with Crippen LogP contribution in [0.1, 0.15) is 26.3 Å². The molecule has 0 fully saturated rings. The van der Waals surface area contributed by atoms with Gasteiger partial charge in [0.15, 0.2) is 0 Å². The van der Waals surface area contributed by atoms with Gasteiger partial charge in [-0.1, -0.05) is 0 Å². The lowest BCUT2D eigenvalue weighted by atomic mass is 10.4. The van der Waals surface area contributed by atoms with Gasteiger partial charge < -0.3 is 5.32 Å². The van der Waals surface area contributed by atoms with Gasteiger partial charge in [-0.05, 0) is 13.8 Å². The Bertz CT molecular complexity index is 309. The van der Waals surface area contributed by atoms with E-state index in [9.17, 15) is 4.79 Å². The van der Waals surface area contributed by atoms with Crippen LogP contribution in [0.25, 0.3) is 0 Å². The molecule has 0 saturated heterocycles.